The highest BCUT2D eigenvalue weighted by molar-refractivity contribution is 7.80. The standard InChI is InChI=1S/C25H23N5OS/c1-31-22-13-3-2-11-20(22)29-16-8-12-21(29)24-23(19-10-5-7-15-27-19)28-25(32)30(24)17-18-9-4-6-14-26-18/h2-16,23-24H,17H2,1H3,(H,28,32)/t23-,24-/m1/s1. The number of pyridine rings is 2. The minimum atomic E-state index is -0.101. The summed E-state index contributed by atoms with van der Waals surface area (Å²) >= 11 is 5.80. The topological polar surface area (TPSA) is 55.2 Å². The van der Waals surface area contributed by atoms with Gasteiger partial charge in [0.1, 0.15) is 5.75 Å². The second-order valence-corrected chi connectivity index (χ2v) is 7.94. The van der Waals surface area contributed by atoms with Gasteiger partial charge in [0, 0.05) is 24.3 Å². The normalized spacial score (nSPS) is 17.9. The maximum atomic E-state index is 5.80. The summed E-state index contributed by atoms with van der Waals surface area (Å²) in [7, 11) is 1.69. The van der Waals surface area contributed by atoms with Gasteiger partial charge in [0.15, 0.2) is 5.11 Å². The molecule has 0 radical (unpaired) electrons. The predicted molar refractivity (Wildman–Crippen MR) is 128 cm³/mol. The van der Waals surface area contributed by atoms with Crippen LogP contribution in [0.15, 0.2) is 91.4 Å². The number of para-hydroxylation sites is 2. The van der Waals surface area contributed by atoms with E-state index < -0.39 is 0 Å². The number of hydrogen-bond acceptors (Lipinski definition) is 4. The van der Waals surface area contributed by atoms with Crippen molar-refractivity contribution in [3.63, 3.8) is 0 Å². The van der Waals surface area contributed by atoms with Gasteiger partial charge in [-0.2, -0.15) is 0 Å². The first-order valence-corrected chi connectivity index (χ1v) is 10.9. The fourth-order valence-corrected chi connectivity index (χ4v) is 4.55. The van der Waals surface area contributed by atoms with Gasteiger partial charge in [0.25, 0.3) is 0 Å². The first kappa shape index (κ1) is 20.2. The summed E-state index contributed by atoms with van der Waals surface area (Å²) in [6.45, 7) is 0.595. The van der Waals surface area contributed by atoms with Crippen molar-refractivity contribution in [3.8, 4) is 11.4 Å². The van der Waals surface area contributed by atoms with Crippen LogP contribution in [0.25, 0.3) is 5.69 Å². The molecule has 1 N–H and O–H groups in total. The van der Waals surface area contributed by atoms with Crippen LogP contribution in [0.3, 0.4) is 0 Å². The molecule has 1 aliphatic heterocycles. The van der Waals surface area contributed by atoms with Crippen LogP contribution in [0.4, 0.5) is 0 Å². The average molecular weight is 442 g/mol. The summed E-state index contributed by atoms with van der Waals surface area (Å²) < 4.78 is 7.81. The van der Waals surface area contributed by atoms with Gasteiger partial charge in [-0.3, -0.25) is 9.97 Å². The van der Waals surface area contributed by atoms with Gasteiger partial charge in [-0.25, -0.2) is 0 Å². The molecule has 160 valence electrons. The quantitative estimate of drug-likeness (QED) is 0.446. The van der Waals surface area contributed by atoms with Gasteiger partial charge in [-0.05, 0) is 60.7 Å². The van der Waals surface area contributed by atoms with E-state index in [1.165, 1.54) is 0 Å². The van der Waals surface area contributed by atoms with Crippen molar-refractivity contribution in [2.24, 2.45) is 0 Å². The molecule has 1 aromatic carbocycles. The zero-order chi connectivity index (χ0) is 21.9. The Morgan fingerprint density at radius 2 is 1.72 bits per heavy atom. The molecule has 0 amide bonds. The average Bonchev–Trinajstić information content (AvgIpc) is 3.45. The molecule has 0 saturated carbocycles. The fraction of sp³-hybridized carbons (Fsp3) is 0.160. The van der Waals surface area contributed by atoms with Crippen LogP contribution in [-0.2, 0) is 6.54 Å². The van der Waals surface area contributed by atoms with E-state index in [1.54, 1.807) is 7.11 Å². The Bertz CT molecular complexity index is 1210. The molecular formula is C25H23N5OS. The summed E-state index contributed by atoms with van der Waals surface area (Å²) in [5.74, 6) is 0.809. The van der Waals surface area contributed by atoms with E-state index in [-0.39, 0.29) is 12.1 Å². The Balaban J connectivity index is 1.62. The number of aromatic nitrogens is 3. The van der Waals surface area contributed by atoms with Gasteiger partial charge in [-0.15, -0.1) is 0 Å². The molecule has 7 heteroatoms. The summed E-state index contributed by atoms with van der Waals surface area (Å²) in [4.78, 5) is 11.4. The van der Waals surface area contributed by atoms with Crippen LogP contribution in [0.5, 0.6) is 5.75 Å². The third-order valence-corrected chi connectivity index (χ3v) is 6.04. The SMILES string of the molecule is COc1ccccc1-n1cccc1[C@@H]1[C@@H](c2ccccn2)NC(=S)N1Cc1ccccn1. The minimum absolute atomic E-state index is 0.0840. The Labute approximate surface area is 192 Å². The number of benzene rings is 1. The lowest BCUT2D eigenvalue weighted by atomic mass is 10.0. The third-order valence-electron chi connectivity index (χ3n) is 5.68. The molecule has 1 fully saturated rings. The number of ether oxygens (including phenoxy) is 1. The first-order valence-electron chi connectivity index (χ1n) is 10.4. The molecule has 6 nitrogen and oxygen atoms in total. The Morgan fingerprint density at radius 3 is 2.47 bits per heavy atom. The molecule has 32 heavy (non-hydrogen) atoms. The summed E-state index contributed by atoms with van der Waals surface area (Å²) in [6.07, 6.45) is 5.69. The van der Waals surface area contributed by atoms with Crippen molar-refractivity contribution in [2.45, 2.75) is 18.6 Å². The maximum absolute atomic E-state index is 5.80. The van der Waals surface area contributed by atoms with Gasteiger partial charge in [0.2, 0.25) is 0 Å². The van der Waals surface area contributed by atoms with Crippen molar-refractivity contribution in [2.75, 3.05) is 7.11 Å². The first-order chi connectivity index (χ1) is 15.8. The molecule has 1 saturated heterocycles. The molecule has 0 unspecified atom stereocenters. The lowest BCUT2D eigenvalue weighted by Gasteiger charge is -2.29. The lowest BCUT2D eigenvalue weighted by molar-refractivity contribution is 0.299. The van der Waals surface area contributed by atoms with Crippen molar-refractivity contribution >= 4 is 17.3 Å². The zero-order valence-corrected chi connectivity index (χ0v) is 18.4. The molecule has 1 aliphatic rings. The number of methoxy groups -OCH3 is 1. The van der Waals surface area contributed by atoms with Gasteiger partial charge < -0.3 is 19.5 Å². The van der Waals surface area contributed by atoms with Crippen molar-refractivity contribution in [3.05, 3.63) is 108 Å². The van der Waals surface area contributed by atoms with Gasteiger partial charge in [-0.1, -0.05) is 24.3 Å². The molecular weight excluding hydrogens is 418 g/mol. The molecule has 4 heterocycles. The van der Waals surface area contributed by atoms with Crippen LogP contribution in [0.2, 0.25) is 0 Å². The van der Waals surface area contributed by atoms with Crippen LogP contribution < -0.4 is 10.1 Å². The van der Waals surface area contributed by atoms with Crippen molar-refractivity contribution in [1.29, 1.82) is 0 Å². The summed E-state index contributed by atoms with van der Waals surface area (Å²) in [5, 5.41) is 4.19. The van der Waals surface area contributed by atoms with E-state index in [0.717, 1.165) is 28.5 Å². The van der Waals surface area contributed by atoms with E-state index in [9.17, 15) is 0 Å². The number of thiocarbonyl (C=S) groups is 1. The lowest BCUT2D eigenvalue weighted by Crippen LogP contribution is -2.30. The largest absolute Gasteiger partial charge is 0.495 e. The highest BCUT2D eigenvalue weighted by atomic mass is 32.1. The van der Waals surface area contributed by atoms with Crippen LogP contribution in [0.1, 0.15) is 29.2 Å². The van der Waals surface area contributed by atoms with Gasteiger partial charge in [0.05, 0.1) is 42.8 Å². The van der Waals surface area contributed by atoms with Crippen LogP contribution in [0, 0.1) is 0 Å². The number of hydrogen-bond donors (Lipinski definition) is 1. The Kier molecular flexibility index (Phi) is 5.56. The fourth-order valence-electron chi connectivity index (χ4n) is 4.25. The minimum Gasteiger partial charge on any atom is -0.495 e. The number of nitrogens with zero attached hydrogens (tertiary/aromatic N) is 4. The summed E-state index contributed by atoms with van der Waals surface area (Å²) in [6, 6.07) is 23.9. The van der Waals surface area contributed by atoms with Gasteiger partial charge >= 0.3 is 0 Å². The molecule has 3 aromatic heterocycles. The molecule has 0 bridgehead atoms. The highest BCUT2D eigenvalue weighted by Crippen LogP contribution is 2.41. The second-order valence-electron chi connectivity index (χ2n) is 7.55. The van der Waals surface area contributed by atoms with E-state index in [4.69, 9.17) is 17.0 Å². The number of nitrogens with one attached hydrogen (secondary N) is 1. The Morgan fingerprint density at radius 1 is 0.938 bits per heavy atom. The zero-order valence-electron chi connectivity index (χ0n) is 17.6. The molecule has 5 rings (SSSR count). The van der Waals surface area contributed by atoms with E-state index in [0.29, 0.717) is 11.7 Å². The summed E-state index contributed by atoms with van der Waals surface area (Å²) in [5.41, 5.74) is 3.97. The van der Waals surface area contributed by atoms with E-state index in [1.807, 2.05) is 67.0 Å². The second kappa shape index (κ2) is 8.80. The number of rotatable bonds is 6. The van der Waals surface area contributed by atoms with E-state index >= 15 is 0 Å². The monoisotopic (exact) mass is 441 g/mol. The van der Waals surface area contributed by atoms with E-state index in [2.05, 4.69) is 49.1 Å². The third kappa shape index (κ3) is 3.71. The van der Waals surface area contributed by atoms with Crippen molar-refractivity contribution < 1.29 is 4.74 Å². The molecule has 4 aromatic rings. The predicted octanol–water partition coefficient (Wildman–Crippen LogP) is 4.45. The van der Waals surface area contributed by atoms with Crippen LogP contribution >= 0.6 is 12.2 Å². The highest BCUT2D eigenvalue weighted by Gasteiger charge is 2.41. The maximum Gasteiger partial charge on any atom is 0.170 e. The molecule has 0 aliphatic carbocycles. The van der Waals surface area contributed by atoms with Crippen LogP contribution in [-0.4, -0.2) is 31.7 Å². The Hall–Kier alpha value is -3.71. The molecule has 0 spiro atoms. The molecule has 2 atom stereocenters. The smallest absolute Gasteiger partial charge is 0.170 e. The van der Waals surface area contributed by atoms with Crippen molar-refractivity contribution in [1.82, 2.24) is 24.8 Å².